The average molecular weight is 507 g/mol. The summed E-state index contributed by atoms with van der Waals surface area (Å²) in [4.78, 5) is 25.9. The van der Waals surface area contributed by atoms with E-state index in [-0.39, 0.29) is 31.3 Å². The second-order valence-corrected chi connectivity index (χ2v) is 8.75. The Hall–Kier alpha value is -3.95. The number of carbonyl (C=O) groups is 1. The maximum atomic E-state index is 13.8. The number of hydrogen-bond donors (Lipinski definition) is 0. The van der Waals surface area contributed by atoms with Gasteiger partial charge >= 0.3 is 6.03 Å². The van der Waals surface area contributed by atoms with Gasteiger partial charge in [-0.15, -0.1) is 0 Å². The number of amides is 2. The minimum atomic E-state index is -0.369. The molecular weight excluding hydrogens is 476 g/mol. The normalized spacial score (nSPS) is 18.6. The zero-order chi connectivity index (χ0) is 25.9. The molecule has 0 unspecified atom stereocenters. The van der Waals surface area contributed by atoms with Gasteiger partial charge in [0.2, 0.25) is 0 Å². The minimum Gasteiger partial charge on any atom is -0.493 e. The molecule has 0 aromatic heterocycles. The summed E-state index contributed by atoms with van der Waals surface area (Å²) in [6.45, 7) is 0.396. The van der Waals surface area contributed by atoms with Crippen molar-refractivity contribution < 1.29 is 33.4 Å². The molecule has 0 radical (unpaired) electrons. The van der Waals surface area contributed by atoms with Crippen LogP contribution in [0.3, 0.4) is 0 Å². The lowest BCUT2D eigenvalue weighted by Crippen LogP contribution is -2.53. The molecule has 2 heterocycles. The maximum Gasteiger partial charge on any atom is 0.369 e. The van der Waals surface area contributed by atoms with Crippen molar-refractivity contribution in [1.29, 1.82) is 0 Å². The van der Waals surface area contributed by atoms with Gasteiger partial charge in [-0.25, -0.2) is 4.79 Å². The van der Waals surface area contributed by atoms with Crippen LogP contribution in [0.2, 0.25) is 0 Å². The Labute approximate surface area is 215 Å². The highest BCUT2D eigenvalue weighted by atomic mass is 16.7. The SMILES string of the molecule is COc1ccc(CON2C(=O)N3OCc4cc(OC)c(OC)cc4[C@@H]3C[C@H]2c2ccccc2)cc1OC. The fourth-order valence-corrected chi connectivity index (χ4v) is 4.88. The number of fused-ring (bicyclic) bond motifs is 3. The Morgan fingerprint density at radius 3 is 2.19 bits per heavy atom. The first kappa shape index (κ1) is 24.7. The van der Waals surface area contributed by atoms with Gasteiger partial charge in [0.05, 0.1) is 40.5 Å². The second kappa shape index (κ2) is 10.6. The van der Waals surface area contributed by atoms with Crippen LogP contribution in [-0.2, 0) is 22.9 Å². The summed E-state index contributed by atoms with van der Waals surface area (Å²) in [6, 6.07) is 18.2. The molecule has 2 aliphatic rings. The topological polar surface area (TPSA) is 78.9 Å². The summed E-state index contributed by atoms with van der Waals surface area (Å²) in [6.07, 6.45) is 0.560. The van der Waals surface area contributed by atoms with Crippen molar-refractivity contribution in [3.8, 4) is 23.0 Å². The summed E-state index contributed by atoms with van der Waals surface area (Å²) in [5, 5.41) is 2.82. The number of urea groups is 1. The lowest BCUT2D eigenvalue weighted by Gasteiger charge is -2.46. The van der Waals surface area contributed by atoms with Gasteiger partial charge in [-0.2, -0.15) is 10.1 Å². The highest BCUT2D eigenvalue weighted by molar-refractivity contribution is 5.75. The number of ether oxygens (including phenoxy) is 4. The van der Waals surface area contributed by atoms with E-state index in [2.05, 4.69) is 0 Å². The molecule has 5 rings (SSSR count). The van der Waals surface area contributed by atoms with Gasteiger partial charge in [-0.05, 0) is 46.5 Å². The molecule has 1 fully saturated rings. The first-order valence-corrected chi connectivity index (χ1v) is 12.0. The molecule has 0 N–H and O–H groups in total. The molecule has 0 saturated carbocycles. The zero-order valence-corrected chi connectivity index (χ0v) is 21.3. The molecule has 2 aliphatic heterocycles. The van der Waals surface area contributed by atoms with Crippen LogP contribution >= 0.6 is 0 Å². The van der Waals surface area contributed by atoms with Gasteiger partial charge in [0, 0.05) is 6.42 Å². The van der Waals surface area contributed by atoms with Crippen LogP contribution in [0, 0.1) is 0 Å². The Morgan fingerprint density at radius 2 is 1.49 bits per heavy atom. The first-order chi connectivity index (χ1) is 18.1. The van der Waals surface area contributed by atoms with Gasteiger partial charge in [0.1, 0.15) is 13.2 Å². The fraction of sp³-hybridized carbons (Fsp3) is 0.321. The molecule has 3 aromatic carbocycles. The third kappa shape index (κ3) is 4.63. The van der Waals surface area contributed by atoms with Gasteiger partial charge in [-0.1, -0.05) is 36.4 Å². The van der Waals surface area contributed by atoms with Crippen molar-refractivity contribution in [3.63, 3.8) is 0 Å². The van der Waals surface area contributed by atoms with Gasteiger partial charge in [0.25, 0.3) is 0 Å². The van der Waals surface area contributed by atoms with Crippen molar-refractivity contribution >= 4 is 6.03 Å². The number of nitrogens with zero attached hydrogens (tertiary/aromatic N) is 2. The highest BCUT2D eigenvalue weighted by Gasteiger charge is 2.45. The van der Waals surface area contributed by atoms with Crippen molar-refractivity contribution in [2.75, 3.05) is 28.4 Å². The smallest absolute Gasteiger partial charge is 0.369 e. The molecule has 37 heavy (non-hydrogen) atoms. The van der Waals surface area contributed by atoms with Crippen LogP contribution in [0.1, 0.15) is 40.8 Å². The van der Waals surface area contributed by atoms with Crippen LogP contribution in [0.25, 0.3) is 0 Å². The fourth-order valence-electron chi connectivity index (χ4n) is 4.88. The molecule has 1 saturated heterocycles. The van der Waals surface area contributed by atoms with Crippen molar-refractivity contribution in [3.05, 3.63) is 82.9 Å². The highest BCUT2D eigenvalue weighted by Crippen LogP contribution is 2.47. The van der Waals surface area contributed by atoms with E-state index in [1.807, 2.05) is 60.7 Å². The van der Waals surface area contributed by atoms with E-state index in [1.54, 1.807) is 28.4 Å². The average Bonchev–Trinajstić information content (AvgIpc) is 2.95. The van der Waals surface area contributed by atoms with E-state index in [4.69, 9.17) is 28.6 Å². The third-order valence-corrected chi connectivity index (χ3v) is 6.76. The van der Waals surface area contributed by atoms with E-state index >= 15 is 0 Å². The maximum absolute atomic E-state index is 13.8. The summed E-state index contributed by atoms with van der Waals surface area (Å²) in [5.74, 6) is 2.45. The standard InChI is InChI=1S/C28H30N2O7/c1-32-24-11-10-18(12-25(24)33-2)16-36-29-22(19-8-6-5-7-9-19)15-23-21-14-27(35-4)26(34-3)13-20(21)17-37-30(23)28(29)31/h5-14,22-23H,15-17H2,1-4H3/t22-,23-/m0/s1. The number of hydrogen-bond acceptors (Lipinski definition) is 7. The predicted molar refractivity (Wildman–Crippen MR) is 134 cm³/mol. The lowest BCUT2D eigenvalue weighted by atomic mass is 9.89. The molecule has 194 valence electrons. The Kier molecular flexibility index (Phi) is 7.07. The molecule has 9 heteroatoms. The molecule has 2 amide bonds. The molecule has 0 aliphatic carbocycles. The zero-order valence-electron chi connectivity index (χ0n) is 21.3. The van der Waals surface area contributed by atoms with Crippen LogP contribution in [0.5, 0.6) is 23.0 Å². The quantitative estimate of drug-likeness (QED) is 0.415. The monoisotopic (exact) mass is 506 g/mol. The number of benzene rings is 3. The molecular formula is C28H30N2O7. The number of rotatable bonds is 8. The molecule has 2 atom stereocenters. The van der Waals surface area contributed by atoms with Crippen LogP contribution in [0.15, 0.2) is 60.7 Å². The molecule has 9 nitrogen and oxygen atoms in total. The first-order valence-electron chi connectivity index (χ1n) is 12.0. The summed E-state index contributed by atoms with van der Waals surface area (Å²) < 4.78 is 21.7. The Balaban J connectivity index is 1.46. The molecule has 0 bridgehead atoms. The van der Waals surface area contributed by atoms with E-state index in [0.29, 0.717) is 29.4 Å². The van der Waals surface area contributed by atoms with Gasteiger partial charge in [0.15, 0.2) is 23.0 Å². The molecule has 3 aromatic rings. The van der Waals surface area contributed by atoms with Crippen LogP contribution < -0.4 is 18.9 Å². The predicted octanol–water partition coefficient (Wildman–Crippen LogP) is 5.21. The van der Waals surface area contributed by atoms with Crippen LogP contribution in [-0.4, -0.2) is 44.6 Å². The summed E-state index contributed by atoms with van der Waals surface area (Å²) in [7, 11) is 6.37. The van der Waals surface area contributed by atoms with Crippen molar-refractivity contribution in [1.82, 2.24) is 10.1 Å². The van der Waals surface area contributed by atoms with Crippen molar-refractivity contribution in [2.45, 2.75) is 31.7 Å². The summed E-state index contributed by atoms with van der Waals surface area (Å²) >= 11 is 0. The Bertz CT molecular complexity index is 1270. The lowest BCUT2D eigenvalue weighted by molar-refractivity contribution is -0.252. The Morgan fingerprint density at radius 1 is 0.811 bits per heavy atom. The van der Waals surface area contributed by atoms with Crippen LogP contribution in [0.4, 0.5) is 4.79 Å². The minimum absolute atomic E-state index is 0.162. The van der Waals surface area contributed by atoms with Gasteiger partial charge in [-0.3, -0.25) is 9.68 Å². The second-order valence-electron chi connectivity index (χ2n) is 8.75. The van der Waals surface area contributed by atoms with E-state index < -0.39 is 0 Å². The number of methoxy groups -OCH3 is 4. The summed E-state index contributed by atoms with van der Waals surface area (Å²) in [5.41, 5.74) is 3.73. The van der Waals surface area contributed by atoms with E-state index in [9.17, 15) is 4.79 Å². The van der Waals surface area contributed by atoms with E-state index in [0.717, 1.165) is 22.3 Å². The van der Waals surface area contributed by atoms with Gasteiger partial charge < -0.3 is 18.9 Å². The molecule has 0 spiro atoms. The van der Waals surface area contributed by atoms with E-state index in [1.165, 1.54) is 10.1 Å². The number of carbonyl (C=O) groups excluding carboxylic acids is 1. The third-order valence-electron chi connectivity index (χ3n) is 6.76. The van der Waals surface area contributed by atoms with Crippen molar-refractivity contribution in [2.24, 2.45) is 0 Å². The number of hydroxylamine groups is 4. The largest absolute Gasteiger partial charge is 0.493 e.